The third-order valence-corrected chi connectivity index (χ3v) is 3.95. The van der Waals surface area contributed by atoms with Gasteiger partial charge in [-0.15, -0.1) is 0 Å². The Bertz CT molecular complexity index is 513. The molecule has 1 heterocycles. The fourth-order valence-corrected chi connectivity index (χ4v) is 2.72. The Labute approximate surface area is 129 Å². The molecule has 0 bridgehead atoms. The monoisotopic (exact) mass is 364 g/mol. The van der Waals surface area contributed by atoms with Crippen LogP contribution in [0.4, 0.5) is 13.2 Å². The molecule has 2 rings (SSSR count). The summed E-state index contributed by atoms with van der Waals surface area (Å²) in [4.78, 5) is 12.0. The molecule has 7 heteroatoms. The lowest BCUT2D eigenvalue weighted by Gasteiger charge is -2.24. The van der Waals surface area contributed by atoms with Crippen LogP contribution in [0.1, 0.15) is 35.2 Å². The average Bonchev–Trinajstić information content (AvgIpc) is 2.45. The van der Waals surface area contributed by atoms with Crippen LogP contribution < -0.4 is 10.6 Å². The first kappa shape index (κ1) is 16.3. The van der Waals surface area contributed by atoms with Gasteiger partial charge in [-0.25, -0.2) is 0 Å². The molecule has 3 nitrogen and oxygen atoms in total. The highest BCUT2D eigenvalue weighted by atomic mass is 79.9. The van der Waals surface area contributed by atoms with Gasteiger partial charge in [-0.05, 0) is 37.6 Å². The zero-order valence-corrected chi connectivity index (χ0v) is 12.9. The molecule has 1 aromatic carbocycles. The fourth-order valence-electron chi connectivity index (χ4n) is 2.36. The van der Waals surface area contributed by atoms with Crippen molar-refractivity contribution in [2.45, 2.75) is 31.5 Å². The van der Waals surface area contributed by atoms with E-state index in [1.165, 1.54) is 12.1 Å². The van der Waals surface area contributed by atoms with Gasteiger partial charge in [-0.3, -0.25) is 4.79 Å². The zero-order chi connectivity index (χ0) is 15.5. The smallest absolute Gasteiger partial charge is 0.350 e. The summed E-state index contributed by atoms with van der Waals surface area (Å²) < 4.78 is 39.2. The second-order valence-electron chi connectivity index (χ2n) is 5.04. The molecule has 1 fully saturated rings. The van der Waals surface area contributed by atoms with Gasteiger partial charge < -0.3 is 10.6 Å². The zero-order valence-electron chi connectivity index (χ0n) is 11.3. The van der Waals surface area contributed by atoms with Crippen LogP contribution in [0, 0.1) is 0 Å². The number of carbonyl (C=O) groups excluding carboxylic acids is 1. The SMILES string of the molecule is O=C(NCC1CCCCN1)c1ccc(Br)cc1C(F)(F)F. The molecular formula is C14H16BrF3N2O. The first-order valence-corrected chi connectivity index (χ1v) is 7.55. The number of rotatable bonds is 3. The van der Waals surface area contributed by atoms with Gasteiger partial charge in [0.05, 0.1) is 11.1 Å². The Kier molecular flexibility index (Phi) is 5.27. The van der Waals surface area contributed by atoms with Crippen LogP contribution >= 0.6 is 15.9 Å². The number of hydrogen-bond acceptors (Lipinski definition) is 2. The summed E-state index contributed by atoms with van der Waals surface area (Å²) in [6.45, 7) is 1.22. The summed E-state index contributed by atoms with van der Waals surface area (Å²) >= 11 is 3.00. The predicted octanol–water partition coefficient (Wildman–Crippen LogP) is 3.34. The van der Waals surface area contributed by atoms with E-state index >= 15 is 0 Å². The predicted molar refractivity (Wildman–Crippen MR) is 77.1 cm³/mol. The molecule has 1 unspecified atom stereocenters. The Balaban J connectivity index is 2.08. The summed E-state index contributed by atoms with van der Waals surface area (Å²) in [6.07, 6.45) is -1.47. The molecule has 1 saturated heterocycles. The molecule has 0 spiro atoms. The van der Waals surface area contributed by atoms with Crippen molar-refractivity contribution in [2.24, 2.45) is 0 Å². The van der Waals surface area contributed by atoms with E-state index < -0.39 is 17.6 Å². The number of alkyl halides is 3. The van der Waals surface area contributed by atoms with Crippen LogP contribution in [0.5, 0.6) is 0 Å². The highest BCUT2D eigenvalue weighted by Gasteiger charge is 2.35. The van der Waals surface area contributed by atoms with Crippen molar-refractivity contribution >= 4 is 21.8 Å². The highest BCUT2D eigenvalue weighted by molar-refractivity contribution is 9.10. The number of carbonyl (C=O) groups is 1. The maximum Gasteiger partial charge on any atom is 0.417 e. The van der Waals surface area contributed by atoms with Crippen molar-refractivity contribution < 1.29 is 18.0 Å². The lowest BCUT2D eigenvalue weighted by atomic mass is 10.0. The van der Waals surface area contributed by atoms with Crippen LogP contribution in [0.15, 0.2) is 22.7 Å². The van der Waals surface area contributed by atoms with Gasteiger partial charge in [0.15, 0.2) is 0 Å². The first-order valence-electron chi connectivity index (χ1n) is 6.76. The van der Waals surface area contributed by atoms with E-state index in [0.717, 1.165) is 31.9 Å². The Morgan fingerprint density at radius 1 is 1.38 bits per heavy atom. The van der Waals surface area contributed by atoms with Crippen molar-refractivity contribution in [1.29, 1.82) is 0 Å². The number of benzene rings is 1. The molecule has 1 amide bonds. The summed E-state index contributed by atoms with van der Waals surface area (Å²) in [5, 5.41) is 5.82. The van der Waals surface area contributed by atoms with Gasteiger partial charge in [-0.2, -0.15) is 13.2 Å². The van der Waals surface area contributed by atoms with E-state index in [2.05, 4.69) is 26.6 Å². The summed E-state index contributed by atoms with van der Waals surface area (Å²) in [6, 6.07) is 3.68. The maximum atomic E-state index is 13.0. The number of hydrogen-bond donors (Lipinski definition) is 2. The van der Waals surface area contributed by atoms with Crippen LogP contribution in [0.3, 0.4) is 0 Å². The Morgan fingerprint density at radius 2 is 2.14 bits per heavy atom. The Hall–Kier alpha value is -1.08. The average molecular weight is 365 g/mol. The molecule has 0 radical (unpaired) electrons. The fraction of sp³-hybridized carbons (Fsp3) is 0.500. The van der Waals surface area contributed by atoms with Gasteiger partial charge in [0.25, 0.3) is 5.91 Å². The quantitative estimate of drug-likeness (QED) is 0.863. The molecule has 2 N–H and O–H groups in total. The topological polar surface area (TPSA) is 41.1 Å². The lowest BCUT2D eigenvalue weighted by molar-refractivity contribution is -0.138. The van der Waals surface area contributed by atoms with Crippen LogP contribution in [0.2, 0.25) is 0 Å². The summed E-state index contributed by atoms with van der Waals surface area (Å²) in [5.74, 6) is -0.692. The van der Waals surface area contributed by atoms with E-state index in [1.54, 1.807) is 0 Å². The van der Waals surface area contributed by atoms with E-state index in [1.807, 2.05) is 0 Å². The van der Waals surface area contributed by atoms with Gasteiger partial charge in [0.1, 0.15) is 0 Å². The standard InChI is InChI=1S/C14H16BrF3N2O/c15-9-4-5-11(12(7-9)14(16,17)18)13(21)20-8-10-3-1-2-6-19-10/h4-5,7,10,19H,1-3,6,8H2,(H,20,21). The molecule has 0 aliphatic carbocycles. The van der Waals surface area contributed by atoms with E-state index in [0.29, 0.717) is 11.0 Å². The van der Waals surface area contributed by atoms with E-state index in [4.69, 9.17) is 0 Å². The maximum absolute atomic E-state index is 13.0. The minimum Gasteiger partial charge on any atom is -0.350 e. The van der Waals surface area contributed by atoms with E-state index in [-0.39, 0.29) is 11.6 Å². The lowest BCUT2D eigenvalue weighted by Crippen LogP contribution is -2.43. The number of piperidine rings is 1. The second kappa shape index (κ2) is 6.79. The third kappa shape index (κ3) is 4.44. The Morgan fingerprint density at radius 3 is 2.76 bits per heavy atom. The summed E-state index contributed by atoms with van der Waals surface area (Å²) in [7, 11) is 0. The van der Waals surface area contributed by atoms with Crippen molar-refractivity contribution in [3.8, 4) is 0 Å². The van der Waals surface area contributed by atoms with Crippen molar-refractivity contribution in [3.05, 3.63) is 33.8 Å². The van der Waals surface area contributed by atoms with Gasteiger partial charge in [0, 0.05) is 17.1 Å². The number of amides is 1. The molecule has 1 aromatic rings. The number of halogens is 4. The van der Waals surface area contributed by atoms with Crippen LogP contribution in [-0.4, -0.2) is 25.0 Å². The van der Waals surface area contributed by atoms with Crippen molar-refractivity contribution in [2.75, 3.05) is 13.1 Å². The molecule has 21 heavy (non-hydrogen) atoms. The highest BCUT2D eigenvalue weighted by Crippen LogP contribution is 2.33. The largest absolute Gasteiger partial charge is 0.417 e. The molecule has 1 atom stereocenters. The normalized spacial score (nSPS) is 19.3. The molecule has 116 valence electrons. The molecule has 1 aliphatic rings. The molecular weight excluding hydrogens is 349 g/mol. The minimum absolute atomic E-state index is 0.132. The first-order chi connectivity index (χ1) is 9.88. The van der Waals surface area contributed by atoms with Crippen molar-refractivity contribution in [3.63, 3.8) is 0 Å². The van der Waals surface area contributed by atoms with Gasteiger partial charge >= 0.3 is 6.18 Å². The van der Waals surface area contributed by atoms with Crippen molar-refractivity contribution in [1.82, 2.24) is 10.6 Å². The van der Waals surface area contributed by atoms with E-state index in [9.17, 15) is 18.0 Å². The van der Waals surface area contributed by atoms with Crippen LogP contribution in [-0.2, 0) is 6.18 Å². The number of nitrogens with one attached hydrogen (secondary N) is 2. The van der Waals surface area contributed by atoms with Crippen LogP contribution in [0.25, 0.3) is 0 Å². The molecule has 0 aromatic heterocycles. The minimum atomic E-state index is -4.56. The second-order valence-corrected chi connectivity index (χ2v) is 5.96. The molecule has 1 aliphatic heterocycles. The van der Waals surface area contributed by atoms with Gasteiger partial charge in [-0.1, -0.05) is 22.4 Å². The molecule has 0 saturated carbocycles. The third-order valence-electron chi connectivity index (χ3n) is 3.45. The van der Waals surface area contributed by atoms with Gasteiger partial charge in [0.2, 0.25) is 0 Å². The summed E-state index contributed by atoms with van der Waals surface area (Å²) in [5.41, 5.74) is -1.27.